The number of nitrogens with zero attached hydrogens (tertiary/aromatic N) is 3. The third-order valence-corrected chi connectivity index (χ3v) is 2.54. The fourth-order valence-electron chi connectivity index (χ4n) is 1.52. The first-order valence-corrected chi connectivity index (χ1v) is 4.91. The van der Waals surface area contributed by atoms with Crippen molar-refractivity contribution in [2.45, 2.75) is 6.61 Å². The van der Waals surface area contributed by atoms with Crippen molar-refractivity contribution in [3.8, 4) is 11.4 Å². The summed E-state index contributed by atoms with van der Waals surface area (Å²) < 4.78 is 66.9. The third kappa shape index (κ3) is 1.86. The number of hydrogen-bond acceptors (Lipinski definition) is 3. The van der Waals surface area contributed by atoms with Gasteiger partial charge in [-0.1, -0.05) is 0 Å². The molecule has 9 heteroatoms. The lowest BCUT2D eigenvalue weighted by Crippen LogP contribution is -2.07. The summed E-state index contributed by atoms with van der Waals surface area (Å²) in [5, 5.41) is 15.5. The van der Waals surface area contributed by atoms with E-state index >= 15 is 0 Å². The predicted molar refractivity (Wildman–Crippen MR) is 52.2 cm³/mol. The molecule has 0 amide bonds. The second-order valence-electron chi connectivity index (χ2n) is 3.60. The van der Waals surface area contributed by atoms with Gasteiger partial charge >= 0.3 is 0 Å². The average molecular weight is 279 g/mol. The average Bonchev–Trinajstić information content (AvgIpc) is 2.76. The molecule has 0 saturated carbocycles. The smallest absolute Gasteiger partial charge is 0.200 e. The molecule has 2 rings (SSSR count). The molecule has 0 aliphatic rings. The van der Waals surface area contributed by atoms with Crippen molar-refractivity contribution >= 4 is 0 Å². The molecule has 1 heterocycles. The van der Waals surface area contributed by atoms with Crippen molar-refractivity contribution in [2.75, 3.05) is 0 Å². The molecule has 1 aromatic carbocycles. The van der Waals surface area contributed by atoms with E-state index in [-0.39, 0.29) is 5.82 Å². The second kappa shape index (κ2) is 4.57. The Labute approximate surface area is 103 Å². The zero-order valence-corrected chi connectivity index (χ0v) is 9.39. The summed E-state index contributed by atoms with van der Waals surface area (Å²) in [4.78, 5) is 0. The summed E-state index contributed by atoms with van der Waals surface area (Å²) in [6.07, 6.45) is 0. The number of aliphatic hydroxyl groups excluding tert-OH is 1. The zero-order valence-electron chi connectivity index (χ0n) is 9.39. The van der Waals surface area contributed by atoms with Crippen LogP contribution in [-0.4, -0.2) is 19.9 Å². The van der Waals surface area contributed by atoms with E-state index in [1.54, 1.807) is 0 Å². The Morgan fingerprint density at radius 1 is 0.895 bits per heavy atom. The summed E-state index contributed by atoms with van der Waals surface area (Å²) in [5.41, 5.74) is -1.19. The van der Waals surface area contributed by atoms with Crippen molar-refractivity contribution in [1.82, 2.24) is 14.8 Å². The summed E-state index contributed by atoms with van der Waals surface area (Å²) in [5.74, 6) is -11.0. The van der Waals surface area contributed by atoms with E-state index in [9.17, 15) is 22.0 Å². The molecule has 0 saturated heterocycles. The molecule has 1 N–H and O–H groups in total. The molecular formula is C10H6F5N3O. The van der Waals surface area contributed by atoms with Crippen LogP contribution >= 0.6 is 0 Å². The van der Waals surface area contributed by atoms with Crippen LogP contribution in [-0.2, 0) is 13.7 Å². The van der Waals surface area contributed by atoms with Gasteiger partial charge in [0.25, 0.3) is 0 Å². The minimum absolute atomic E-state index is 0.0843. The highest BCUT2D eigenvalue weighted by Crippen LogP contribution is 2.30. The Morgan fingerprint density at radius 3 is 1.79 bits per heavy atom. The molecule has 19 heavy (non-hydrogen) atoms. The van der Waals surface area contributed by atoms with Crippen LogP contribution in [0.25, 0.3) is 11.4 Å². The van der Waals surface area contributed by atoms with E-state index in [4.69, 9.17) is 5.11 Å². The van der Waals surface area contributed by atoms with Crippen LogP contribution in [0.4, 0.5) is 22.0 Å². The fourth-order valence-corrected chi connectivity index (χ4v) is 1.52. The highest BCUT2D eigenvalue weighted by molar-refractivity contribution is 5.58. The Balaban J connectivity index is 2.79. The Morgan fingerprint density at radius 2 is 1.37 bits per heavy atom. The van der Waals surface area contributed by atoms with Crippen LogP contribution in [0, 0.1) is 29.1 Å². The summed E-state index contributed by atoms with van der Waals surface area (Å²) in [7, 11) is 1.22. The van der Waals surface area contributed by atoms with Crippen molar-refractivity contribution in [2.24, 2.45) is 7.05 Å². The first kappa shape index (κ1) is 13.4. The third-order valence-electron chi connectivity index (χ3n) is 2.54. The van der Waals surface area contributed by atoms with Gasteiger partial charge in [-0.15, -0.1) is 10.2 Å². The van der Waals surface area contributed by atoms with Crippen LogP contribution in [0.15, 0.2) is 0 Å². The monoisotopic (exact) mass is 279 g/mol. The number of rotatable bonds is 2. The zero-order chi connectivity index (χ0) is 14.3. The van der Waals surface area contributed by atoms with E-state index in [2.05, 4.69) is 10.2 Å². The fraction of sp³-hybridized carbons (Fsp3) is 0.200. The van der Waals surface area contributed by atoms with Crippen LogP contribution in [0.2, 0.25) is 0 Å². The molecule has 4 nitrogen and oxygen atoms in total. The van der Waals surface area contributed by atoms with Crippen molar-refractivity contribution in [3.05, 3.63) is 34.9 Å². The number of halogens is 5. The van der Waals surface area contributed by atoms with Gasteiger partial charge in [0.15, 0.2) is 34.9 Å². The van der Waals surface area contributed by atoms with Gasteiger partial charge in [-0.25, -0.2) is 22.0 Å². The highest BCUT2D eigenvalue weighted by atomic mass is 19.2. The lowest BCUT2D eigenvalue weighted by atomic mass is 10.1. The lowest BCUT2D eigenvalue weighted by molar-refractivity contribution is 0.267. The highest BCUT2D eigenvalue weighted by Gasteiger charge is 2.29. The Hall–Kier alpha value is -2.03. The second-order valence-corrected chi connectivity index (χ2v) is 3.60. The van der Waals surface area contributed by atoms with Crippen molar-refractivity contribution < 1.29 is 27.1 Å². The van der Waals surface area contributed by atoms with Gasteiger partial charge in [0.1, 0.15) is 6.61 Å². The topological polar surface area (TPSA) is 50.9 Å². The number of aliphatic hydroxyl groups is 1. The Kier molecular flexibility index (Phi) is 3.23. The van der Waals surface area contributed by atoms with Gasteiger partial charge in [0, 0.05) is 7.05 Å². The first-order chi connectivity index (χ1) is 8.90. The predicted octanol–water partition coefficient (Wildman–Crippen LogP) is 1.67. The molecule has 0 spiro atoms. The molecule has 2 aromatic rings. The first-order valence-electron chi connectivity index (χ1n) is 4.91. The molecule has 0 aliphatic carbocycles. The SMILES string of the molecule is Cn1c(CO)nnc1-c1c(F)c(F)c(F)c(F)c1F. The lowest BCUT2D eigenvalue weighted by Gasteiger charge is -2.07. The van der Waals surface area contributed by atoms with E-state index < -0.39 is 47.1 Å². The quantitative estimate of drug-likeness (QED) is 0.517. The van der Waals surface area contributed by atoms with Gasteiger partial charge in [0.2, 0.25) is 5.82 Å². The molecule has 0 radical (unpaired) electrons. The van der Waals surface area contributed by atoms with Crippen LogP contribution in [0.3, 0.4) is 0 Å². The summed E-state index contributed by atoms with van der Waals surface area (Å²) in [6, 6.07) is 0. The van der Waals surface area contributed by atoms with Gasteiger partial charge < -0.3 is 9.67 Å². The summed E-state index contributed by atoms with van der Waals surface area (Å²) >= 11 is 0. The van der Waals surface area contributed by atoms with Crippen molar-refractivity contribution in [1.29, 1.82) is 0 Å². The van der Waals surface area contributed by atoms with Gasteiger partial charge in [-0.2, -0.15) is 0 Å². The number of hydrogen-bond donors (Lipinski definition) is 1. The molecule has 102 valence electrons. The Bertz CT molecular complexity index is 626. The molecule has 0 aliphatic heterocycles. The maximum Gasteiger partial charge on any atom is 0.200 e. The minimum atomic E-state index is -2.25. The van der Waals surface area contributed by atoms with Gasteiger partial charge in [-0.3, -0.25) is 0 Å². The number of benzene rings is 1. The van der Waals surface area contributed by atoms with E-state index in [0.717, 1.165) is 4.57 Å². The maximum atomic E-state index is 13.5. The van der Waals surface area contributed by atoms with Crippen LogP contribution in [0.1, 0.15) is 5.82 Å². The molecule has 0 bridgehead atoms. The van der Waals surface area contributed by atoms with E-state index in [0.29, 0.717) is 0 Å². The maximum absolute atomic E-state index is 13.5. The largest absolute Gasteiger partial charge is 0.388 e. The minimum Gasteiger partial charge on any atom is -0.388 e. The normalized spacial score (nSPS) is 11.1. The van der Waals surface area contributed by atoms with Crippen LogP contribution in [0.5, 0.6) is 0 Å². The summed E-state index contributed by atoms with van der Waals surface area (Å²) in [6.45, 7) is -0.598. The van der Waals surface area contributed by atoms with Crippen LogP contribution < -0.4 is 0 Å². The number of aromatic nitrogens is 3. The van der Waals surface area contributed by atoms with Crippen molar-refractivity contribution in [3.63, 3.8) is 0 Å². The molecule has 0 unspecified atom stereocenters. The van der Waals surface area contributed by atoms with E-state index in [1.165, 1.54) is 7.05 Å². The molecule has 1 aromatic heterocycles. The van der Waals surface area contributed by atoms with Gasteiger partial charge in [0.05, 0.1) is 5.56 Å². The molecule has 0 fully saturated rings. The standard InChI is InChI=1S/C10H6F5N3O/c1-18-3(2-19)16-17-10(18)4-5(11)7(13)9(15)8(14)6(4)12/h19H,2H2,1H3. The van der Waals surface area contributed by atoms with E-state index in [1.807, 2.05) is 0 Å². The molecular weight excluding hydrogens is 273 g/mol. The molecule has 0 atom stereocenters. The van der Waals surface area contributed by atoms with Gasteiger partial charge in [-0.05, 0) is 0 Å².